The number of benzene rings is 1. The smallest absolute Gasteiger partial charge is 0.319 e. The highest BCUT2D eigenvalue weighted by atomic mass is 32.2. The maximum absolute atomic E-state index is 12.4. The number of nitrogens with zero attached hydrogens (tertiary/aromatic N) is 4. The molecular weight excluding hydrogens is 372 g/mol. The van der Waals surface area contributed by atoms with E-state index in [1.807, 2.05) is 41.8 Å². The molecule has 6 nitrogen and oxygen atoms in total. The van der Waals surface area contributed by atoms with Gasteiger partial charge < -0.3 is 4.74 Å². The van der Waals surface area contributed by atoms with Crippen LogP contribution in [0.2, 0.25) is 0 Å². The molecule has 0 N–H and O–H groups in total. The number of aryl methyl sites for hydroxylation is 1. The van der Waals surface area contributed by atoms with E-state index in [1.165, 1.54) is 11.8 Å². The number of rotatable bonds is 8. The first-order chi connectivity index (χ1) is 13.7. The van der Waals surface area contributed by atoms with E-state index < -0.39 is 0 Å². The molecule has 2 aromatic heterocycles. The molecule has 2 heterocycles. The number of pyridine rings is 1. The van der Waals surface area contributed by atoms with Crippen molar-refractivity contribution in [3.8, 4) is 17.1 Å². The zero-order valence-corrected chi connectivity index (χ0v) is 17.1. The van der Waals surface area contributed by atoms with Crippen molar-refractivity contribution >= 4 is 17.7 Å². The van der Waals surface area contributed by atoms with E-state index in [0.29, 0.717) is 18.2 Å². The molecule has 3 rings (SSSR count). The van der Waals surface area contributed by atoms with Crippen LogP contribution in [0.15, 0.2) is 53.9 Å². The average Bonchev–Trinajstić information content (AvgIpc) is 3.12. The highest BCUT2D eigenvalue weighted by Gasteiger charge is 2.25. The Morgan fingerprint density at radius 1 is 1.14 bits per heavy atom. The van der Waals surface area contributed by atoms with Crippen LogP contribution < -0.4 is 0 Å². The molecule has 0 saturated carbocycles. The number of ether oxygens (including phenoxy) is 1. The lowest BCUT2D eigenvalue weighted by Gasteiger charge is -2.16. The van der Waals surface area contributed by atoms with Gasteiger partial charge in [0.05, 0.1) is 12.3 Å². The summed E-state index contributed by atoms with van der Waals surface area (Å²) in [5.74, 6) is 0.512. The number of esters is 1. The van der Waals surface area contributed by atoms with Gasteiger partial charge in [-0.15, -0.1) is 10.2 Å². The van der Waals surface area contributed by atoms with Gasteiger partial charge in [0.15, 0.2) is 11.0 Å². The SMILES string of the molecule is CCC[C@H](Sc1nnc(-c2ccncc2)n1-c1ccccc1C)C(=O)OCC. The van der Waals surface area contributed by atoms with Crippen molar-refractivity contribution < 1.29 is 9.53 Å². The predicted molar refractivity (Wildman–Crippen MR) is 111 cm³/mol. The van der Waals surface area contributed by atoms with Crippen LogP contribution in [0, 0.1) is 6.92 Å². The molecule has 0 saturated heterocycles. The molecule has 0 unspecified atom stereocenters. The van der Waals surface area contributed by atoms with Crippen molar-refractivity contribution in [1.29, 1.82) is 0 Å². The Kier molecular flexibility index (Phi) is 6.81. The van der Waals surface area contributed by atoms with Gasteiger partial charge in [0.2, 0.25) is 0 Å². The molecule has 28 heavy (non-hydrogen) atoms. The Morgan fingerprint density at radius 2 is 1.89 bits per heavy atom. The van der Waals surface area contributed by atoms with Gasteiger partial charge in [0, 0.05) is 18.0 Å². The topological polar surface area (TPSA) is 69.9 Å². The predicted octanol–water partition coefficient (Wildman–Crippen LogP) is 4.46. The van der Waals surface area contributed by atoms with Gasteiger partial charge in [-0.25, -0.2) is 0 Å². The van der Waals surface area contributed by atoms with Crippen molar-refractivity contribution in [1.82, 2.24) is 19.7 Å². The first kappa shape index (κ1) is 20.1. The van der Waals surface area contributed by atoms with Crippen LogP contribution in [0.4, 0.5) is 0 Å². The summed E-state index contributed by atoms with van der Waals surface area (Å²) < 4.78 is 7.28. The Morgan fingerprint density at radius 3 is 2.57 bits per heavy atom. The lowest BCUT2D eigenvalue weighted by Crippen LogP contribution is -2.21. The van der Waals surface area contributed by atoms with Crippen molar-refractivity contribution in [2.75, 3.05) is 6.61 Å². The fourth-order valence-electron chi connectivity index (χ4n) is 2.92. The minimum Gasteiger partial charge on any atom is -0.465 e. The molecule has 0 fully saturated rings. The Bertz CT molecular complexity index is 927. The molecular formula is C21H24N4O2S. The maximum Gasteiger partial charge on any atom is 0.319 e. The lowest BCUT2D eigenvalue weighted by molar-refractivity contribution is -0.142. The molecule has 0 aliphatic heterocycles. The number of aromatic nitrogens is 4. The summed E-state index contributed by atoms with van der Waals surface area (Å²) in [5, 5.41) is 9.21. The monoisotopic (exact) mass is 396 g/mol. The molecule has 3 aromatic rings. The second kappa shape index (κ2) is 9.50. The van der Waals surface area contributed by atoms with Crippen LogP contribution in [0.3, 0.4) is 0 Å². The summed E-state index contributed by atoms with van der Waals surface area (Å²) in [5.41, 5.74) is 3.00. The summed E-state index contributed by atoms with van der Waals surface area (Å²) in [7, 11) is 0. The quantitative estimate of drug-likeness (QED) is 0.413. The maximum atomic E-state index is 12.4. The van der Waals surface area contributed by atoms with E-state index in [-0.39, 0.29) is 11.2 Å². The molecule has 0 radical (unpaired) electrons. The minimum atomic E-state index is -0.317. The van der Waals surface area contributed by atoms with Crippen molar-refractivity contribution in [2.24, 2.45) is 0 Å². The van der Waals surface area contributed by atoms with Crippen molar-refractivity contribution in [2.45, 2.75) is 44.0 Å². The lowest BCUT2D eigenvalue weighted by atomic mass is 10.2. The summed E-state index contributed by atoms with van der Waals surface area (Å²) in [6.07, 6.45) is 5.07. The van der Waals surface area contributed by atoms with Crippen LogP contribution in [0.5, 0.6) is 0 Å². The van der Waals surface area contributed by atoms with Crippen LogP contribution in [0.25, 0.3) is 17.1 Å². The summed E-state index contributed by atoms with van der Waals surface area (Å²) in [6, 6.07) is 11.9. The van der Waals surface area contributed by atoms with E-state index >= 15 is 0 Å². The van der Waals surface area contributed by atoms with Gasteiger partial charge in [0.1, 0.15) is 5.25 Å². The second-order valence-corrected chi connectivity index (χ2v) is 7.48. The molecule has 1 atom stereocenters. The third-order valence-electron chi connectivity index (χ3n) is 4.28. The second-order valence-electron chi connectivity index (χ2n) is 6.31. The normalized spacial score (nSPS) is 12.0. The fourth-order valence-corrected chi connectivity index (χ4v) is 4.07. The minimum absolute atomic E-state index is 0.209. The highest BCUT2D eigenvalue weighted by Crippen LogP contribution is 2.32. The third-order valence-corrected chi connectivity index (χ3v) is 5.46. The number of hydrogen-bond donors (Lipinski definition) is 0. The van der Waals surface area contributed by atoms with Crippen LogP contribution in [0.1, 0.15) is 32.3 Å². The number of thioether (sulfide) groups is 1. The Hall–Kier alpha value is -2.67. The van der Waals surface area contributed by atoms with Gasteiger partial charge >= 0.3 is 5.97 Å². The zero-order chi connectivity index (χ0) is 19.9. The Labute approximate surface area is 169 Å². The summed E-state index contributed by atoms with van der Waals surface area (Å²) >= 11 is 1.41. The fraction of sp³-hybridized carbons (Fsp3) is 0.333. The molecule has 1 aromatic carbocycles. The molecule has 0 amide bonds. The van der Waals surface area contributed by atoms with Crippen LogP contribution in [-0.2, 0) is 9.53 Å². The summed E-state index contributed by atoms with van der Waals surface area (Å²) in [4.78, 5) is 16.5. The van der Waals surface area contributed by atoms with Crippen molar-refractivity contribution in [3.05, 3.63) is 54.4 Å². The molecule has 0 aliphatic rings. The van der Waals surface area contributed by atoms with E-state index in [2.05, 4.69) is 35.1 Å². The Balaban J connectivity index is 2.08. The van der Waals surface area contributed by atoms with E-state index in [9.17, 15) is 4.79 Å². The number of carbonyl (C=O) groups is 1. The molecule has 7 heteroatoms. The van der Waals surface area contributed by atoms with Crippen LogP contribution in [-0.4, -0.2) is 37.6 Å². The molecule has 146 valence electrons. The van der Waals surface area contributed by atoms with Gasteiger partial charge in [-0.05, 0) is 44.0 Å². The van der Waals surface area contributed by atoms with Gasteiger partial charge in [-0.2, -0.15) is 0 Å². The van der Waals surface area contributed by atoms with Gasteiger partial charge in [-0.3, -0.25) is 14.3 Å². The van der Waals surface area contributed by atoms with E-state index in [1.54, 1.807) is 12.4 Å². The largest absolute Gasteiger partial charge is 0.465 e. The average molecular weight is 397 g/mol. The summed E-state index contributed by atoms with van der Waals surface area (Å²) in [6.45, 7) is 6.30. The van der Waals surface area contributed by atoms with Crippen LogP contribution >= 0.6 is 11.8 Å². The molecule has 0 spiro atoms. The zero-order valence-electron chi connectivity index (χ0n) is 16.3. The molecule has 0 bridgehead atoms. The standard InChI is InChI=1S/C21H24N4O2S/c1-4-8-18(20(26)27-5-2)28-21-24-23-19(16-11-13-22-14-12-16)25(21)17-10-7-6-9-15(17)3/h6-7,9-14,18H,4-5,8H2,1-3H3/t18-/m0/s1. The highest BCUT2D eigenvalue weighted by molar-refractivity contribution is 8.00. The number of para-hydroxylation sites is 1. The van der Waals surface area contributed by atoms with E-state index in [4.69, 9.17) is 4.74 Å². The third kappa shape index (κ3) is 4.42. The number of hydrogen-bond acceptors (Lipinski definition) is 6. The van der Waals surface area contributed by atoms with Crippen molar-refractivity contribution in [3.63, 3.8) is 0 Å². The van der Waals surface area contributed by atoms with Gasteiger partial charge in [-0.1, -0.05) is 43.3 Å². The number of carbonyl (C=O) groups excluding carboxylic acids is 1. The first-order valence-electron chi connectivity index (χ1n) is 9.40. The first-order valence-corrected chi connectivity index (χ1v) is 10.3. The molecule has 0 aliphatic carbocycles. The van der Waals surface area contributed by atoms with E-state index in [0.717, 1.165) is 29.1 Å². The van der Waals surface area contributed by atoms with Gasteiger partial charge in [0.25, 0.3) is 0 Å².